The van der Waals surface area contributed by atoms with Crippen LogP contribution in [-0.2, 0) is 0 Å². The smallest absolute Gasteiger partial charge is 0.0991 e. The first kappa shape index (κ1) is 12.0. The highest BCUT2D eigenvalue weighted by molar-refractivity contribution is 5.65. The number of nitrogens with zero attached hydrogens (tertiary/aromatic N) is 1. The normalized spacial score (nSPS) is 20.8. The Kier molecular flexibility index (Phi) is 3.06. The summed E-state index contributed by atoms with van der Waals surface area (Å²) in [6.45, 7) is 0.783. The number of hydrogen-bond acceptors (Lipinski definition) is 2. The fourth-order valence-electron chi connectivity index (χ4n) is 2.60. The summed E-state index contributed by atoms with van der Waals surface area (Å²) in [6.07, 6.45) is 1.22. The van der Waals surface area contributed by atoms with Gasteiger partial charge >= 0.3 is 0 Å². The molecule has 0 saturated heterocycles. The molecule has 0 aromatic heterocycles. The van der Waals surface area contributed by atoms with Crippen LogP contribution in [0.4, 0.5) is 0 Å². The number of nitrogens with two attached hydrogens (primary N) is 1. The molecule has 0 unspecified atom stereocenters. The summed E-state index contributed by atoms with van der Waals surface area (Å²) in [7, 11) is 0. The van der Waals surface area contributed by atoms with Crippen molar-refractivity contribution >= 4 is 0 Å². The second-order valence-corrected chi connectivity index (χ2v) is 5.15. The van der Waals surface area contributed by atoms with Crippen LogP contribution in [0.3, 0.4) is 0 Å². The van der Waals surface area contributed by atoms with Crippen molar-refractivity contribution in [2.45, 2.75) is 12.3 Å². The van der Waals surface area contributed by atoms with E-state index in [0.29, 0.717) is 17.4 Å². The van der Waals surface area contributed by atoms with Crippen LogP contribution in [-0.4, -0.2) is 6.54 Å². The van der Waals surface area contributed by atoms with E-state index in [1.807, 2.05) is 24.3 Å². The lowest BCUT2D eigenvalue weighted by Gasteiger charge is -2.05. The highest BCUT2D eigenvalue weighted by Gasteiger charge is 2.36. The Morgan fingerprint density at radius 3 is 2.53 bits per heavy atom. The van der Waals surface area contributed by atoms with E-state index in [1.54, 1.807) is 0 Å². The Balaban J connectivity index is 1.88. The van der Waals surface area contributed by atoms with E-state index in [-0.39, 0.29) is 0 Å². The first-order valence-corrected chi connectivity index (χ1v) is 6.62. The van der Waals surface area contributed by atoms with Crippen LogP contribution in [0, 0.1) is 17.2 Å². The second kappa shape index (κ2) is 4.87. The molecule has 0 amide bonds. The highest BCUT2D eigenvalue weighted by atomic mass is 14.6. The third kappa shape index (κ3) is 2.38. The van der Waals surface area contributed by atoms with Crippen molar-refractivity contribution in [3.63, 3.8) is 0 Å². The molecule has 1 fully saturated rings. The van der Waals surface area contributed by atoms with Crippen LogP contribution < -0.4 is 5.73 Å². The molecule has 0 spiro atoms. The summed E-state index contributed by atoms with van der Waals surface area (Å²) in [5.41, 5.74) is 10.2. The van der Waals surface area contributed by atoms with Gasteiger partial charge in [0.25, 0.3) is 0 Å². The van der Waals surface area contributed by atoms with Gasteiger partial charge in [-0.15, -0.1) is 0 Å². The van der Waals surface area contributed by atoms with Crippen molar-refractivity contribution < 1.29 is 0 Å². The van der Waals surface area contributed by atoms with Crippen LogP contribution in [0.1, 0.15) is 23.5 Å². The third-order valence-corrected chi connectivity index (χ3v) is 3.89. The summed E-state index contributed by atoms with van der Waals surface area (Å²) < 4.78 is 0. The number of benzene rings is 2. The molecule has 2 N–H and O–H groups in total. The monoisotopic (exact) mass is 248 g/mol. The first-order chi connectivity index (χ1) is 9.31. The van der Waals surface area contributed by atoms with Crippen LogP contribution in [0.15, 0.2) is 48.5 Å². The van der Waals surface area contributed by atoms with E-state index >= 15 is 0 Å². The van der Waals surface area contributed by atoms with Crippen molar-refractivity contribution in [3.05, 3.63) is 59.7 Å². The van der Waals surface area contributed by atoms with Gasteiger partial charge in [-0.3, -0.25) is 0 Å². The van der Waals surface area contributed by atoms with Crippen molar-refractivity contribution in [3.8, 4) is 17.2 Å². The Labute approximate surface area is 113 Å². The van der Waals surface area contributed by atoms with Crippen molar-refractivity contribution in [2.24, 2.45) is 11.7 Å². The van der Waals surface area contributed by atoms with Crippen LogP contribution >= 0.6 is 0 Å². The lowest BCUT2D eigenvalue weighted by atomic mass is 10.00. The molecule has 3 rings (SSSR count). The zero-order chi connectivity index (χ0) is 13.2. The second-order valence-electron chi connectivity index (χ2n) is 5.15. The molecule has 2 aromatic rings. The van der Waals surface area contributed by atoms with Gasteiger partial charge in [0.2, 0.25) is 0 Å². The molecule has 1 aliphatic carbocycles. The SMILES string of the molecule is N#Cc1ccc(-c2cccc([C@H]3C[C@@H]3CN)c2)cc1. The molecule has 94 valence electrons. The average Bonchev–Trinajstić information content (AvgIpc) is 3.27. The van der Waals surface area contributed by atoms with E-state index in [4.69, 9.17) is 11.0 Å². The molecule has 0 aliphatic heterocycles. The molecular formula is C17H16N2. The predicted molar refractivity (Wildman–Crippen MR) is 76.5 cm³/mol. The van der Waals surface area contributed by atoms with E-state index in [0.717, 1.165) is 12.1 Å². The lowest BCUT2D eigenvalue weighted by molar-refractivity contribution is 0.810. The third-order valence-electron chi connectivity index (χ3n) is 3.89. The molecule has 0 bridgehead atoms. The van der Waals surface area contributed by atoms with Crippen molar-refractivity contribution in [2.75, 3.05) is 6.54 Å². The lowest BCUT2D eigenvalue weighted by Crippen LogP contribution is -2.01. The quantitative estimate of drug-likeness (QED) is 0.906. The summed E-state index contributed by atoms with van der Waals surface area (Å²) in [4.78, 5) is 0. The van der Waals surface area contributed by atoms with E-state index in [1.165, 1.54) is 17.5 Å². The van der Waals surface area contributed by atoms with Crippen molar-refractivity contribution in [1.29, 1.82) is 5.26 Å². The van der Waals surface area contributed by atoms with Crippen molar-refractivity contribution in [1.82, 2.24) is 0 Å². The maximum Gasteiger partial charge on any atom is 0.0991 e. The molecular weight excluding hydrogens is 232 g/mol. The van der Waals surface area contributed by atoms with Gasteiger partial charge in [-0.25, -0.2) is 0 Å². The molecule has 2 nitrogen and oxygen atoms in total. The summed E-state index contributed by atoms with van der Waals surface area (Å²) in [5.74, 6) is 1.31. The van der Waals surface area contributed by atoms with Crippen LogP contribution in [0.2, 0.25) is 0 Å². The minimum absolute atomic E-state index is 0.642. The van der Waals surface area contributed by atoms with E-state index in [9.17, 15) is 0 Å². The first-order valence-electron chi connectivity index (χ1n) is 6.62. The van der Waals surface area contributed by atoms with Gasteiger partial charge < -0.3 is 5.73 Å². The van der Waals surface area contributed by atoms with Crippen LogP contribution in [0.5, 0.6) is 0 Å². The van der Waals surface area contributed by atoms with E-state index in [2.05, 4.69) is 30.3 Å². The standard InChI is InChI=1S/C17H16N2/c18-10-12-4-6-13(7-5-12)14-2-1-3-15(8-14)17-9-16(17)11-19/h1-8,16-17H,9,11,19H2/t16-,17-/m1/s1. The maximum absolute atomic E-state index is 8.82. The van der Waals surface area contributed by atoms with Gasteiger partial charge in [0.1, 0.15) is 0 Å². The summed E-state index contributed by atoms with van der Waals surface area (Å²) in [6, 6.07) is 18.5. The van der Waals surface area contributed by atoms with Gasteiger partial charge in [-0.1, -0.05) is 36.4 Å². The van der Waals surface area contributed by atoms with Gasteiger partial charge in [-0.2, -0.15) is 5.26 Å². The Morgan fingerprint density at radius 2 is 1.89 bits per heavy atom. The molecule has 1 aliphatic rings. The van der Waals surface area contributed by atoms with E-state index < -0.39 is 0 Å². The predicted octanol–water partition coefficient (Wildman–Crippen LogP) is 3.29. The molecule has 19 heavy (non-hydrogen) atoms. The van der Waals surface area contributed by atoms with Crippen LogP contribution in [0.25, 0.3) is 11.1 Å². The molecule has 2 aromatic carbocycles. The Hall–Kier alpha value is -2.11. The van der Waals surface area contributed by atoms with Gasteiger partial charge in [0, 0.05) is 0 Å². The summed E-state index contributed by atoms with van der Waals surface area (Å²) >= 11 is 0. The fraction of sp³-hybridized carbons (Fsp3) is 0.235. The number of nitriles is 1. The molecule has 0 radical (unpaired) electrons. The van der Waals surface area contributed by atoms with Gasteiger partial charge in [0.05, 0.1) is 11.6 Å². The Bertz CT molecular complexity index is 622. The van der Waals surface area contributed by atoms with Gasteiger partial charge in [-0.05, 0) is 53.6 Å². The number of rotatable bonds is 3. The Morgan fingerprint density at radius 1 is 1.11 bits per heavy atom. The maximum atomic E-state index is 8.82. The fourth-order valence-corrected chi connectivity index (χ4v) is 2.60. The highest BCUT2D eigenvalue weighted by Crippen LogP contribution is 2.47. The summed E-state index contributed by atoms with van der Waals surface area (Å²) in [5, 5.41) is 8.82. The van der Waals surface area contributed by atoms with Gasteiger partial charge in [0.15, 0.2) is 0 Å². The number of hydrogen-bond donors (Lipinski definition) is 1. The molecule has 2 atom stereocenters. The molecule has 1 saturated carbocycles. The average molecular weight is 248 g/mol. The largest absolute Gasteiger partial charge is 0.330 e. The molecule has 2 heteroatoms. The zero-order valence-corrected chi connectivity index (χ0v) is 10.7. The minimum atomic E-state index is 0.642. The molecule has 0 heterocycles. The minimum Gasteiger partial charge on any atom is -0.330 e. The zero-order valence-electron chi connectivity index (χ0n) is 10.7. The topological polar surface area (TPSA) is 49.8 Å².